The van der Waals surface area contributed by atoms with Crippen LogP contribution in [-0.2, 0) is 0 Å². The minimum Gasteiger partial charge on any atom is -0.467 e. The Labute approximate surface area is 118 Å². The van der Waals surface area contributed by atoms with Gasteiger partial charge in [0.1, 0.15) is 17.6 Å². The van der Waals surface area contributed by atoms with E-state index in [1.165, 1.54) is 0 Å². The van der Waals surface area contributed by atoms with Crippen molar-refractivity contribution in [3.05, 3.63) is 48.0 Å². The molecule has 102 valence electrons. The number of pyridine rings is 1. The molecule has 1 fully saturated rings. The van der Waals surface area contributed by atoms with Crippen LogP contribution >= 0.6 is 0 Å². The fourth-order valence-corrected chi connectivity index (χ4v) is 2.79. The number of furan rings is 1. The van der Waals surface area contributed by atoms with Gasteiger partial charge in [-0.25, -0.2) is 4.98 Å². The Kier molecular flexibility index (Phi) is 3.42. The van der Waals surface area contributed by atoms with Crippen LogP contribution < -0.4 is 4.90 Å². The van der Waals surface area contributed by atoms with Crippen molar-refractivity contribution in [2.75, 3.05) is 11.4 Å². The quantitative estimate of drug-likeness (QED) is 0.835. The van der Waals surface area contributed by atoms with Gasteiger partial charge in [-0.1, -0.05) is 6.92 Å². The lowest BCUT2D eigenvalue weighted by atomic mass is 9.91. The smallest absolute Gasteiger partial charge is 0.129 e. The van der Waals surface area contributed by atoms with Gasteiger partial charge < -0.3 is 9.32 Å². The number of rotatable bonds is 2. The molecule has 0 aliphatic carbocycles. The molecular formula is C16H17N3O. The molecule has 2 aromatic heterocycles. The molecule has 1 aliphatic heterocycles. The Morgan fingerprint density at radius 3 is 2.95 bits per heavy atom. The highest BCUT2D eigenvalue weighted by molar-refractivity contribution is 5.44. The van der Waals surface area contributed by atoms with Crippen molar-refractivity contribution in [2.24, 2.45) is 5.92 Å². The third-order valence-electron chi connectivity index (χ3n) is 3.91. The van der Waals surface area contributed by atoms with E-state index < -0.39 is 0 Å². The van der Waals surface area contributed by atoms with Crippen LogP contribution in [0.15, 0.2) is 41.1 Å². The number of nitriles is 1. The highest BCUT2D eigenvalue weighted by atomic mass is 16.3. The van der Waals surface area contributed by atoms with Crippen LogP contribution in [0.5, 0.6) is 0 Å². The van der Waals surface area contributed by atoms with Gasteiger partial charge in [-0.2, -0.15) is 5.26 Å². The van der Waals surface area contributed by atoms with Gasteiger partial charge in [0.2, 0.25) is 0 Å². The van der Waals surface area contributed by atoms with E-state index in [1.54, 1.807) is 12.5 Å². The van der Waals surface area contributed by atoms with Crippen molar-refractivity contribution in [3.8, 4) is 6.07 Å². The molecule has 2 unspecified atom stereocenters. The molecule has 0 saturated carbocycles. The van der Waals surface area contributed by atoms with Gasteiger partial charge in [0.05, 0.1) is 17.9 Å². The van der Waals surface area contributed by atoms with Crippen molar-refractivity contribution in [1.82, 2.24) is 4.98 Å². The second kappa shape index (κ2) is 5.38. The van der Waals surface area contributed by atoms with Crippen LogP contribution in [0.25, 0.3) is 0 Å². The second-order valence-electron chi connectivity index (χ2n) is 5.37. The lowest BCUT2D eigenvalue weighted by Gasteiger charge is -2.38. The summed E-state index contributed by atoms with van der Waals surface area (Å²) in [7, 11) is 0. The second-order valence-corrected chi connectivity index (χ2v) is 5.37. The molecule has 0 aromatic carbocycles. The molecular weight excluding hydrogens is 250 g/mol. The molecule has 4 heteroatoms. The summed E-state index contributed by atoms with van der Waals surface area (Å²) >= 11 is 0. The maximum atomic E-state index is 8.86. The van der Waals surface area contributed by atoms with E-state index in [1.807, 2.05) is 24.3 Å². The van der Waals surface area contributed by atoms with Gasteiger partial charge in [-0.05, 0) is 43.0 Å². The molecule has 4 nitrogen and oxygen atoms in total. The summed E-state index contributed by atoms with van der Waals surface area (Å²) in [5.74, 6) is 2.58. The monoisotopic (exact) mass is 267 g/mol. The number of nitrogens with zero attached hydrogens (tertiary/aromatic N) is 3. The number of piperidine rings is 1. The largest absolute Gasteiger partial charge is 0.467 e. The molecule has 0 spiro atoms. The summed E-state index contributed by atoms with van der Waals surface area (Å²) < 4.78 is 5.60. The van der Waals surface area contributed by atoms with E-state index in [9.17, 15) is 0 Å². The number of hydrogen-bond donors (Lipinski definition) is 0. The summed E-state index contributed by atoms with van der Waals surface area (Å²) in [6.45, 7) is 3.24. The standard InChI is InChI=1S/C16H17N3O/c1-12-6-7-19(14(9-12)15-3-2-8-20-15)16-5-4-13(10-17)11-18-16/h2-5,8,11-12,14H,6-7,9H2,1H3. The fourth-order valence-electron chi connectivity index (χ4n) is 2.79. The van der Waals surface area contributed by atoms with E-state index in [2.05, 4.69) is 22.9 Å². The molecule has 0 radical (unpaired) electrons. The summed E-state index contributed by atoms with van der Waals surface area (Å²) in [5, 5.41) is 8.86. The maximum Gasteiger partial charge on any atom is 0.129 e. The third-order valence-corrected chi connectivity index (χ3v) is 3.91. The average molecular weight is 267 g/mol. The lowest BCUT2D eigenvalue weighted by molar-refractivity contribution is 0.327. The molecule has 3 heterocycles. The van der Waals surface area contributed by atoms with Gasteiger partial charge in [0, 0.05) is 12.7 Å². The predicted molar refractivity (Wildman–Crippen MR) is 76.1 cm³/mol. The summed E-state index contributed by atoms with van der Waals surface area (Å²) in [6, 6.07) is 10.0. The van der Waals surface area contributed by atoms with Gasteiger partial charge in [0.15, 0.2) is 0 Å². The molecule has 0 bridgehead atoms. The zero-order chi connectivity index (χ0) is 13.9. The van der Waals surface area contributed by atoms with Crippen LogP contribution in [0.3, 0.4) is 0 Å². The zero-order valence-electron chi connectivity index (χ0n) is 11.5. The summed E-state index contributed by atoms with van der Waals surface area (Å²) in [5.41, 5.74) is 0.591. The van der Waals surface area contributed by atoms with Crippen LogP contribution in [0.1, 0.15) is 37.1 Å². The fraction of sp³-hybridized carbons (Fsp3) is 0.375. The zero-order valence-corrected chi connectivity index (χ0v) is 11.5. The lowest BCUT2D eigenvalue weighted by Crippen LogP contribution is -2.36. The topological polar surface area (TPSA) is 53.1 Å². The van der Waals surface area contributed by atoms with Crippen molar-refractivity contribution in [2.45, 2.75) is 25.8 Å². The maximum absolute atomic E-state index is 8.86. The van der Waals surface area contributed by atoms with Crippen molar-refractivity contribution >= 4 is 5.82 Å². The Hall–Kier alpha value is -2.28. The van der Waals surface area contributed by atoms with Crippen LogP contribution in [-0.4, -0.2) is 11.5 Å². The first-order valence-corrected chi connectivity index (χ1v) is 6.94. The molecule has 3 rings (SSSR count). The first-order chi connectivity index (χ1) is 9.78. The van der Waals surface area contributed by atoms with Gasteiger partial charge in [-0.15, -0.1) is 0 Å². The van der Waals surface area contributed by atoms with Crippen LogP contribution in [0.2, 0.25) is 0 Å². The molecule has 0 amide bonds. The van der Waals surface area contributed by atoms with E-state index in [0.29, 0.717) is 11.5 Å². The van der Waals surface area contributed by atoms with Crippen molar-refractivity contribution < 1.29 is 4.42 Å². The molecule has 1 saturated heterocycles. The highest BCUT2D eigenvalue weighted by Gasteiger charge is 2.30. The number of hydrogen-bond acceptors (Lipinski definition) is 4. The Bertz CT molecular complexity index is 598. The van der Waals surface area contributed by atoms with E-state index >= 15 is 0 Å². The van der Waals surface area contributed by atoms with Crippen molar-refractivity contribution in [1.29, 1.82) is 5.26 Å². The van der Waals surface area contributed by atoms with Gasteiger partial charge >= 0.3 is 0 Å². The Morgan fingerprint density at radius 2 is 2.30 bits per heavy atom. The van der Waals surface area contributed by atoms with E-state index in [4.69, 9.17) is 9.68 Å². The molecule has 20 heavy (non-hydrogen) atoms. The average Bonchev–Trinajstić information content (AvgIpc) is 3.01. The normalized spacial score (nSPS) is 22.5. The molecule has 1 aliphatic rings. The summed E-state index contributed by atoms with van der Waals surface area (Å²) in [4.78, 5) is 6.70. The third kappa shape index (κ3) is 2.39. The first kappa shape index (κ1) is 12.7. The number of anilines is 1. The van der Waals surface area contributed by atoms with E-state index in [-0.39, 0.29) is 6.04 Å². The minimum absolute atomic E-state index is 0.231. The Morgan fingerprint density at radius 1 is 1.40 bits per heavy atom. The SMILES string of the molecule is CC1CCN(c2ccc(C#N)cn2)C(c2ccco2)C1. The highest BCUT2D eigenvalue weighted by Crippen LogP contribution is 2.36. The first-order valence-electron chi connectivity index (χ1n) is 6.94. The van der Waals surface area contributed by atoms with Gasteiger partial charge in [-0.3, -0.25) is 0 Å². The van der Waals surface area contributed by atoms with E-state index in [0.717, 1.165) is 31.0 Å². The predicted octanol–water partition coefficient (Wildman–Crippen LogP) is 3.52. The molecule has 0 N–H and O–H groups in total. The number of aromatic nitrogens is 1. The molecule has 2 atom stereocenters. The van der Waals surface area contributed by atoms with Crippen LogP contribution in [0.4, 0.5) is 5.82 Å². The Balaban J connectivity index is 1.90. The van der Waals surface area contributed by atoms with Crippen LogP contribution in [0, 0.1) is 17.2 Å². The van der Waals surface area contributed by atoms with Gasteiger partial charge in [0.25, 0.3) is 0 Å². The minimum atomic E-state index is 0.231. The summed E-state index contributed by atoms with van der Waals surface area (Å²) in [6.07, 6.45) is 5.57. The molecule has 2 aromatic rings. The van der Waals surface area contributed by atoms with Crippen molar-refractivity contribution in [3.63, 3.8) is 0 Å².